The molecule has 0 unspecified atom stereocenters. The minimum absolute atomic E-state index is 0.163. The first kappa shape index (κ1) is 20.1. The topological polar surface area (TPSA) is 74.5 Å². The van der Waals surface area contributed by atoms with E-state index in [4.69, 9.17) is 0 Å². The van der Waals surface area contributed by atoms with Gasteiger partial charge in [-0.2, -0.15) is 0 Å². The molecule has 1 aliphatic heterocycles. The van der Waals surface area contributed by atoms with Crippen molar-refractivity contribution in [2.75, 3.05) is 31.1 Å². The average Bonchev–Trinajstić information content (AvgIpc) is 3.24. The number of hydrogen-bond donors (Lipinski definition) is 1. The van der Waals surface area contributed by atoms with Crippen molar-refractivity contribution in [3.63, 3.8) is 0 Å². The number of aliphatic hydroxyl groups excluding tert-OH is 1. The second kappa shape index (κ2) is 8.67. The fraction of sp³-hybridized carbons (Fsp3) is 0.348. The lowest BCUT2D eigenvalue weighted by Gasteiger charge is -2.36. The van der Waals surface area contributed by atoms with Crippen molar-refractivity contribution >= 4 is 11.6 Å². The molecule has 1 N–H and O–H groups in total. The zero-order valence-corrected chi connectivity index (χ0v) is 17.4. The molecule has 0 saturated carbocycles. The van der Waals surface area contributed by atoms with Crippen LogP contribution >= 0.6 is 0 Å². The number of hydrogen-bond acceptors (Lipinski definition) is 5. The Hall–Kier alpha value is -3.19. The number of piperazine rings is 1. The molecular weight excluding hydrogens is 378 g/mol. The molecule has 0 aliphatic carbocycles. The summed E-state index contributed by atoms with van der Waals surface area (Å²) in [7, 11) is 0. The van der Waals surface area contributed by atoms with Crippen molar-refractivity contribution in [3.8, 4) is 0 Å². The lowest BCUT2D eigenvalue weighted by atomic mass is 10.1. The summed E-state index contributed by atoms with van der Waals surface area (Å²) < 4.78 is 1.53. The van der Waals surface area contributed by atoms with E-state index in [1.807, 2.05) is 30.3 Å². The molecule has 0 radical (unpaired) electrons. The maximum absolute atomic E-state index is 12.8. The fourth-order valence-electron chi connectivity index (χ4n) is 3.81. The van der Waals surface area contributed by atoms with E-state index < -0.39 is 6.10 Å². The van der Waals surface area contributed by atoms with Crippen molar-refractivity contribution < 1.29 is 9.90 Å². The molecule has 2 heterocycles. The zero-order valence-electron chi connectivity index (χ0n) is 17.4. The molecule has 1 atom stereocenters. The molecule has 0 spiro atoms. The van der Waals surface area contributed by atoms with Crippen LogP contribution in [0, 0.1) is 13.8 Å². The second-order valence-corrected chi connectivity index (χ2v) is 7.71. The second-order valence-electron chi connectivity index (χ2n) is 7.71. The SMILES string of the molecule is Cc1cccc(N2CCN(C(=O)c3ncn(C[C@@H](O)c4ccccc4)n3)CC2)c1C. The van der Waals surface area contributed by atoms with Crippen LogP contribution in [0.2, 0.25) is 0 Å². The maximum atomic E-state index is 12.8. The third-order valence-corrected chi connectivity index (χ3v) is 5.76. The smallest absolute Gasteiger partial charge is 0.293 e. The molecule has 156 valence electrons. The normalized spacial score (nSPS) is 15.3. The number of aromatic nitrogens is 3. The molecule has 7 heteroatoms. The van der Waals surface area contributed by atoms with Crippen molar-refractivity contribution in [1.82, 2.24) is 19.7 Å². The maximum Gasteiger partial charge on any atom is 0.293 e. The summed E-state index contributed by atoms with van der Waals surface area (Å²) >= 11 is 0. The van der Waals surface area contributed by atoms with Crippen LogP contribution in [0.15, 0.2) is 54.9 Å². The Morgan fingerprint density at radius 1 is 1.03 bits per heavy atom. The molecule has 4 rings (SSSR count). The van der Waals surface area contributed by atoms with Gasteiger partial charge in [0.25, 0.3) is 5.91 Å². The average molecular weight is 406 g/mol. The van der Waals surface area contributed by atoms with Gasteiger partial charge in [0.2, 0.25) is 5.82 Å². The van der Waals surface area contributed by atoms with Gasteiger partial charge in [-0.05, 0) is 36.6 Å². The predicted octanol–water partition coefficient (Wildman–Crippen LogP) is 2.59. The Morgan fingerprint density at radius 3 is 2.50 bits per heavy atom. The Bertz CT molecular complexity index is 1010. The van der Waals surface area contributed by atoms with Crippen molar-refractivity contribution in [1.29, 1.82) is 0 Å². The summed E-state index contributed by atoms with van der Waals surface area (Å²) in [5.41, 5.74) is 4.61. The number of rotatable bonds is 5. The van der Waals surface area contributed by atoms with Gasteiger partial charge in [0.15, 0.2) is 0 Å². The van der Waals surface area contributed by atoms with Gasteiger partial charge in [-0.3, -0.25) is 4.79 Å². The predicted molar refractivity (Wildman–Crippen MR) is 115 cm³/mol. The number of aliphatic hydroxyl groups is 1. The van der Waals surface area contributed by atoms with Gasteiger partial charge in [0, 0.05) is 31.9 Å². The lowest BCUT2D eigenvalue weighted by molar-refractivity contribution is 0.0733. The van der Waals surface area contributed by atoms with Crippen molar-refractivity contribution in [2.24, 2.45) is 0 Å². The van der Waals surface area contributed by atoms with Crippen LogP contribution in [0.1, 0.15) is 33.4 Å². The van der Waals surface area contributed by atoms with E-state index in [1.54, 1.807) is 4.90 Å². The summed E-state index contributed by atoms with van der Waals surface area (Å²) in [6.45, 7) is 7.34. The van der Waals surface area contributed by atoms with Gasteiger partial charge in [-0.15, -0.1) is 5.10 Å². The van der Waals surface area contributed by atoms with E-state index in [0.29, 0.717) is 13.1 Å². The third kappa shape index (κ3) is 4.21. The molecule has 0 bridgehead atoms. The van der Waals surface area contributed by atoms with Gasteiger partial charge in [-0.1, -0.05) is 42.5 Å². The van der Waals surface area contributed by atoms with E-state index in [9.17, 15) is 9.90 Å². The first-order valence-corrected chi connectivity index (χ1v) is 10.3. The van der Waals surface area contributed by atoms with Gasteiger partial charge >= 0.3 is 0 Å². The summed E-state index contributed by atoms with van der Waals surface area (Å²) in [5.74, 6) is 0.0130. The minimum atomic E-state index is -0.697. The highest BCUT2D eigenvalue weighted by molar-refractivity contribution is 5.90. The minimum Gasteiger partial charge on any atom is -0.386 e. The number of carbonyl (C=O) groups is 1. The van der Waals surface area contributed by atoms with Gasteiger partial charge in [0.05, 0.1) is 12.6 Å². The van der Waals surface area contributed by atoms with Gasteiger partial charge in [0.1, 0.15) is 6.33 Å². The number of aryl methyl sites for hydroxylation is 1. The molecule has 1 saturated heterocycles. The Morgan fingerprint density at radius 2 is 1.77 bits per heavy atom. The Kier molecular flexibility index (Phi) is 5.81. The van der Waals surface area contributed by atoms with Gasteiger partial charge < -0.3 is 14.9 Å². The van der Waals surface area contributed by atoms with E-state index in [2.05, 4.69) is 47.0 Å². The van der Waals surface area contributed by atoms with Crippen molar-refractivity contribution in [3.05, 3.63) is 77.4 Å². The first-order chi connectivity index (χ1) is 14.5. The van der Waals surface area contributed by atoms with Gasteiger partial charge in [-0.25, -0.2) is 9.67 Å². The molecule has 1 amide bonds. The quantitative estimate of drug-likeness (QED) is 0.706. The summed E-state index contributed by atoms with van der Waals surface area (Å²) in [6, 6.07) is 15.7. The van der Waals surface area contributed by atoms with Crippen LogP contribution in [-0.2, 0) is 6.54 Å². The van der Waals surface area contributed by atoms with Crippen LogP contribution in [0.3, 0.4) is 0 Å². The highest BCUT2D eigenvalue weighted by Crippen LogP contribution is 2.24. The number of nitrogens with zero attached hydrogens (tertiary/aromatic N) is 5. The number of benzene rings is 2. The molecule has 1 aromatic heterocycles. The molecule has 1 fully saturated rings. The molecule has 2 aromatic carbocycles. The first-order valence-electron chi connectivity index (χ1n) is 10.3. The molecule has 7 nitrogen and oxygen atoms in total. The highest BCUT2D eigenvalue weighted by atomic mass is 16.3. The zero-order chi connectivity index (χ0) is 21.1. The van der Waals surface area contributed by atoms with E-state index >= 15 is 0 Å². The monoisotopic (exact) mass is 405 g/mol. The number of amides is 1. The third-order valence-electron chi connectivity index (χ3n) is 5.76. The van der Waals surface area contributed by atoms with Crippen LogP contribution in [0.4, 0.5) is 5.69 Å². The van der Waals surface area contributed by atoms with Crippen LogP contribution in [0.25, 0.3) is 0 Å². The number of carbonyl (C=O) groups excluding carboxylic acids is 1. The van der Waals surface area contributed by atoms with Crippen LogP contribution in [0.5, 0.6) is 0 Å². The van der Waals surface area contributed by atoms with Crippen molar-refractivity contribution in [2.45, 2.75) is 26.5 Å². The fourth-order valence-corrected chi connectivity index (χ4v) is 3.81. The van der Waals surface area contributed by atoms with E-state index in [-0.39, 0.29) is 18.3 Å². The van der Waals surface area contributed by atoms with E-state index in [1.165, 1.54) is 27.8 Å². The number of anilines is 1. The molecular formula is C23H27N5O2. The lowest BCUT2D eigenvalue weighted by Crippen LogP contribution is -2.49. The largest absolute Gasteiger partial charge is 0.386 e. The highest BCUT2D eigenvalue weighted by Gasteiger charge is 2.25. The Labute approximate surface area is 176 Å². The molecule has 30 heavy (non-hydrogen) atoms. The Balaban J connectivity index is 1.36. The standard InChI is InChI=1S/C23H27N5O2/c1-17-7-6-10-20(18(17)2)26-11-13-27(14-12-26)23(30)22-24-16-28(25-22)15-21(29)19-8-4-3-5-9-19/h3-10,16,21,29H,11-15H2,1-2H3/t21-/m1/s1. The molecule has 1 aliphatic rings. The van der Waals surface area contributed by atoms with Crippen LogP contribution in [-0.4, -0.2) is 56.9 Å². The van der Waals surface area contributed by atoms with E-state index in [0.717, 1.165) is 18.7 Å². The summed E-state index contributed by atoms with van der Waals surface area (Å²) in [6.07, 6.45) is 0.808. The summed E-state index contributed by atoms with van der Waals surface area (Å²) in [4.78, 5) is 21.1. The van der Waals surface area contributed by atoms with Crippen LogP contribution < -0.4 is 4.90 Å². The molecule has 3 aromatic rings. The summed E-state index contributed by atoms with van der Waals surface area (Å²) in [5, 5.41) is 14.7.